The fourth-order valence-corrected chi connectivity index (χ4v) is 3.11. The zero-order valence-corrected chi connectivity index (χ0v) is 11.4. The molecule has 0 spiro atoms. The van der Waals surface area contributed by atoms with Gasteiger partial charge in [-0.05, 0) is 12.8 Å². The van der Waals surface area contributed by atoms with Gasteiger partial charge in [0.05, 0.1) is 18.1 Å². The van der Waals surface area contributed by atoms with Crippen LogP contribution < -0.4 is 0 Å². The zero-order chi connectivity index (χ0) is 14.5. The van der Waals surface area contributed by atoms with Crippen LogP contribution in [0.15, 0.2) is 0 Å². The second-order valence-corrected chi connectivity index (χ2v) is 5.40. The molecule has 2 amide bonds. The second-order valence-electron chi connectivity index (χ2n) is 5.40. The highest BCUT2D eigenvalue weighted by Crippen LogP contribution is 2.30. The van der Waals surface area contributed by atoms with Crippen LogP contribution in [0.25, 0.3) is 0 Å². The van der Waals surface area contributed by atoms with Crippen molar-refractivity contribution in [2.24, 2.45) is 5.92 Å². The first-order valence-electron chi connectivity index (χ1n) is 6.99. The number of carbonyl (C=O) groups excluding carboxylic acids is 2. The molecule has 1 heterocycles. The lowest BCUT2D eigenvalue weighted by Crippen LogP contribution is -2.39. The predicted molar refractivity (Wildman–Crippen MR) is 69.9 cm³/mol. The highest BCUT2D eigenvalue weighted by atomic mass is 16.2. The summed E-state index contributed by atoms with van der Waals surface area (Å²) in [5, 5.41) is 17.4. The van der Waals surface area contributed by atoms with Crippen molar-refractivity contribution in [3.63, 3.8) is 0 Å². The molecular weight excluding hydrogens is 256 g/mol. The summed E-state index contributed by atoms with van der Waals surface area (Å²) in [5.74, 6) is -0.615. The molecule has 0 aromatic heterocycles. The Kier molecular flexibility index (Phi) is 4.57. The standard InChI is InChI=1S/C14H18N4O2/c15-5-7-17(8-6-16)14(20)11-9-13(19)18(10-11)12-3-1-2-4-12/h11-12H,1-4,7-10H2/t11-/m1/s1. The quantitative estimate of drug-likeness (QED) is 0.704. The van der Waals surface area contributed by atoms with Gasteiger partial charge < -0.3 is 9.80 Å². The van der Waals surface area contributed by atoms with Gasteiger partial charge in [-0.3, -0.25) is 9.59 Å². The van der Waals surface area contributed by atoms with Crippen molar-refractivity contribution in [3.8, 4) is 12.1 Å². The molecule has 0 aromatic rings. The van der Waals surface area contributed by atoms with E-state index < -0.39 is 5.92 Å². The Morgan fingerprint density at radius 1 is 1.25 bits per heavy atom. The summed E-state index contributed by atoms with van der Waals surface area (Å²) in [4.78, 5) is 27.4. The largest absolute Gasteiger partial charge is 0.339 e. The Morgan fingerprint density at radius 3 is 2.40 bits per heavy atom. The molecule has 0 N–H and O–H groups in total. The second kappa shape index (κ2) is 6.38. The summed E-state index contributed by atoms with van der Waals surface area (Å²) < 4.78 is 0. The van der Waals surface area contributed by atoms with Crippen LogP contribution in [0.5, 0.6) is 0 Å². The third-order valence-corrected chi connectivity index (χ3v) is 4.11. The number of rotatable bonds is 4. The van der Waals surface area contributed by atoms with E-state index in [2.05, 4.69) is 0 Å². The minimum atomic E-state index is -0.398. The number of amides is 2. The molecule has 1 saturated carbocycles. The maximum Gasteiger partial charge on any atom is 0.229 e. The monoisotopic (exact) mass is 274 g/mol. The Bertz CT molecular complexity index is 455. The highest BCUT2D eigenvalue weighted by molar-refractivity contribution is 5.89. The lowest BCUT2D eigenvalue weighted by molar-refractivity contribution is -0.134. The van der Waals surface area contributed by atoms with Crippen LogP contribution in [-0.2, 0) is 9.59 Å². The van der Waals surface area contributed by atoms with Gasteiger partial charge in [-0.25, -0.2) is 0 Å². The lowest BCUT2D eigenvalue weighted by Gasteiger charge is -2.25. The third kappa shape index (κ3) is 2.91. The van der Waals surface area contributed by atoms with E-state index in [1.165, 1.54) is 4.90 Å². The first-order valence-corrected chi connectivity index (χ1v) is 6.99. The average Bonchev–Trinajstić information content (AvgIpc) is 3.06. The maximum atomic E-state index is 12.3. The minimum absolute atomic E-state index is 0.0316. The fraction of sp³-hybridized carbons (Fsp3) is 0.714. The van der Waals surface area contributed by atoms with Gasteiger partial charge in [-0.15, -0.1) is 0 Å². The van der Waals surface area contributed by atoms with Crippen molar-refractivity contribution in [2.75, 3.05) is 19.6 Å². The van der Waals surface area contributed by atoms with E-state index in [0.717, 1.165) is 25.7 Å². The first-order chi connectivity index (χ1) is 9.67. The molecule has 20 heavy (non-hydrogen) atoms. The Morgan fingerprint density at radius 2 is 1.85 bits per heavy atom. The lowest BCUT2D eigenvalue weighted by atomic mass is 10.1. The Hall–Kier alpha value is -2.08. The normalized spacial score (nSPS) is 22.6. The van der Waals surface area contributed by atoms with Crippen molar-refractivity contribution >= 4 is 11.8 Å². The molecule has 0 bridgehead atoms. The molecule has 0 unspecified atom stereocenters. The van der Waals surface area contributed by atoms with Crippen LogP contribution in [0.4, 0.5) is 0 Å². The predicted octanol–water partition coefficient (Wildman–Crippen LogP) is 0.653. The molecule has 2 rings (SSSR count). The van der Waals surface area contributed by atoms with Crippen molar-refractivity contribution < 1.29 is 9.59 Å². The van der Waals surface area contributed by atoms with Crippen LogP contribution in [0.2, 0.25) is 0 Å². The summed E-state index contributed by atoms with van der Waals surface area (Å²) in [6.45, 7) is 0.247. The molecule has 1 aliphatic heterocycles. The smallest absolute Gasteiger partial charge is 0.229 e. The van der Waals surface area contributed by atoms with E-state index >= 15 is 0 Å². The van der Waals surface area contributed by atoms with Crippen LogP contribution in [0.3, 0.4) is 0 Å². The summed E-state index contributed by atoms with van der Waals surface area (Å²) in [6, 6.07) is 4.06. The molecule has 2 fully saturated rings. The van der Waals surface area contributed by atoms with Gasteiger partial charge in [0.1, 0.15) is 13.1 Å². The van der Waals surface area contributed by atoms with Gasteiger partial charge in [-0.2, -0.15) is 10.5 Å². The van der Waals surface area contributed by atoms with Gasteiger partial charge in [0.25, 0.3) is 0 Å². The molecule has 6 heteroatoms. The van der Waals surface area contributed by atoms with Crippen LogP contribution >= 0.6 is 0 Å². The van der Waals surface area contributed by atoms with E-state index in [1.807, 2.05) is 17.0 Å². The summed E-state index contributed by atoms with van der Waals surface area (Å²) in [5.41, 5.74) is 0. The van der Waals surface area contributed by atoms with Crippen molar-refractivity contribution in [3.05, 3.63) is 0 Å². The van der Waals surface area contributed by atoms with Crippen LogP contribution in [-0.4, -0.2) is 47.3 Å². The van der Waals surface area contributed by atoms with Gasteiger partial charge in [-0.1, -0.05) is 12.8 Å². The summed E-state index contributed by atoms with van der Waals surface area (Å²) in [7, 11) is 0. The number of hydrogen-bond acceptors (Lipinski definition) is 4. The summed E-state index contributed by atoms with van der Waals surface area (Å²) >= 11 is 0. The van der Waals surface area contributed by atoms with E-state index in [1.54, 1.807) is 0 Å². The molecule has 6 nitrogen and oxygen atoms in total. The maximum absolute atomic E-state index is 12.3. The fourth-order valence-electron chi connectivity index (χ4n) is 3.11. The molecule has 0 radical (unpaired) electrons. The van der Waals surface area contributed by atoms with E-state index in [9.17, 15) is 9.59 Å². The number of likely N-dealkylation sites (tertiary alicyclic amines) is 1. The molecular formula is C14H18N4O2. The number of hydrogen-bond donors (Lipinski definition) is 0. The highest BCUT2D eigenvalue weighted by Gasteiger charge is 2.39. The van der Waals surface area contributed by atoms with Gasteiger partial charge in [0.15, 0.2) is 0 Å². The van der Waals surface area contributed by atoms with E-state index in [4.69, 9.17) is 10.5 Å². The SMILES string of the molecule is N#CCN(CC#N)C(=O)[C@@H]1CC(=O)N(C2CCCC2)C1. The van der Waals surface area contributed by atoms with Gasteiger partial charge in [0, 0.05) is 19.0 Å². The van der Waals surface area contributed by atoms with Crippen LogP contribution in [0.1, 0.15) is 32.1 Å². The number of nitriles is 2. The Balaban J connectivity index is 1.99. The summed E-state index contributed by atoms with van der Waals surface area (Å²) in [6.07, 6.45) is 4.53. The number of carbonyl (C=O) groups is 2. The van der Waals surface area contributed by atoms with Crippen molar-refractivity contribution in [1.82, 2.24) is 9.80 Å². The molecule has 106 valence electrons. The van der Waals surface area contributed by atoms with Gasteiger partial charge in [0.2, 0.25) is 11.8 Å². The first kappa shape index (κ1) is 14.3. The topological polar surface area (TPSA) is 88.2 Å². The third-order valence-electron chi connectivity index (χ3n) is 4.11. The van der Waals surface area contributed by atoms with Crippen molar-refractivity contribution in [1.29, 1.82) is 10.5 Å². The Labute approximate surface area is 118 Å². The molecule has 1 saturated heterocycles. The zero-order valence-electron chi connectivity index (χ0n) is 11.4. The molecule has 1 atom stereocenters. The van der Waals surface area contributed by atoms with Crippen LogP contribution in [0, 0.1) is 28.6 Å². The number of nitrogens with zero attached hydrogens (tertiary/aromatic N) is 4. The van der Waals surface area contributed by atoms with E-state index in [0.29, 0.717) is 6.54 Å². The minimum Gasteiger partial charge on any atom is -0.339 e. The van der Waals surface area contributed by atoms with Crippen molar-refractivity contribution in [2.45, 2.75) is 38.1 Å². The molecule has 0 aromatic carbocycles. The molecule has 2 aliphatic rings. The average molecular weight is 274 g/mol. The van der Waals surface area contributed by atoms with Gasteiger partial charge >= 0.3 is 0 Å². The van der Waals surface area contributed by atoms with E-state index in [-0.39, 0.29) is 37.4 Å². The molecule has 1 aliphatic carbocycles.